The molecule has 3 rings (SSSR count). The average Bonchev–Trinajstić information content (AvgIpc) is 2.80. The number of anilines is 1. The fraction of sp³-hybridized carbons (Fsp3) is 0.389. The number of rotatable bonds is 3. The molecule has 7 nitrogen and oxygen atoms in total. The number of halogens is 1. The minimum Gasteiger partial charge on any atom is -0.490 e. The number of nitrogens with zero attached hydrogens (tertiary/aromatic N) is 1. The van der Waals surface area contributed by atoms with Crippen LogP contribution in [0.1, 0.15) is 35.0 Å². The Morgan fingerprint density at radius 1 is 1.19 bits per heavy atom. The number of carbonyl (C=O) groups excluding carboxylic acids is 2. The molecule has 0 saturated heterocycles. The van der Waals surface area contributed by atoms with Crippen molar-refractivity contribution >= 4 is 40.4 Å². The standard InChI is InChI=1S/C18H20ClN3O4S/c1-9-16(27-11(3)20-9)10(2)21-17(23)18(24)22-13-8-15-14(7-12(13)19)25-5-4-6-26-15/h7-8,10H,4-6H2,1-3H3,(H,21,23)(H,22,24)/t10-/m0/s1. The second kappa shape index (κ2) is 8.14. The van der Waals surface area contributed by atoms with Crippen LogP contribution < -0.4 is 20.1 Å². The van der Waals surface area contributed by atoms with Crippen LogP contribution in [0.25, 0.3) is 0 Å². The van der Waals surface area contributed by atoms with Crippen LogP contribution in [0.4, 0.5) is 5.69 Å². The molecule has 0 aliphatic carbocycles. The maximum absolute atomic E-state index is 12.3. The van der Waals surface area contributed by atoms with Gasteiger partial charge in [-0.3, -0.25) is 9.59 Å². The second-order valence-corrected chi connectivity index (χ2v) is 7.80. The third kappa shape index (κ3) is 4.51. The van der Waals surface area contributed by atoms with E-state index >= 15 is 0 Å². The van der Waals surface area contributed by atoms with Gasteiger partial charge in [0.1, 0.15) is 0 Å². The van der Waals surface area contributed by atoms with Crippen molar-refractivity contribution in [3.8, 4) is 11.5 Å². The highest BCUT2D eigenvalue weighted by Gasteiger charge is 2.22. The lowest BCUT2D eigenvalue weighted by atomic mass is 10.2. The Bertz CT molecular complexity index is 884. The van der Waals surface area contributed by atoms with E-state index in [9.17, 15) is 9.59 Å². The van der Waals surface area contributed by atoms with Gasteiger partial charge in [0.25, 0.3) is 0 Å². The van der Waals surface area contributed by atoms with E-state index in [1.54, 1.807) is 12.1 Å². The predicted molar refractivity (Wildman–Crippen MR) is 104 cm³/mol. The van der Waals surface area contributed by atoms with Crippen LogP contribution >= 0.6 is 22.9 Å². The lowest BCUT2D eigenvalue weighted by molar-refractivity contribution is -0.136. The van der Waals surface area contributed by atoms with E-state index in [0.29, 0.717) is 30.4 Å². The molecule has 2 amide bonds. The highest BCUT2D eigenvalue weighted by atomic mass is 35.5. The number of hydrogen-bond donors (Lipinski definition) is 2. The van der Waals surface area contributed by atoms with Crippen molar-refractivity contribution in [3.05, 3.63) is 32.7 Å². The van der Waals surface area contributed by atoms with Gasteiger partial charge >= 0.3 is 11.8 Å². The summed E-state index contributed by atoms with van der Waals surface area (Å²) in [6.45, 7) is 6.62. The summed E-state index contributed by atoms with van der Waals surface area (Å²) in [5, 5.41) is 6.38. The van der Waals surface area contributed by atoms with Gasteiger partial charge in [0.2, 0.25) is 0 Å². The van der Waals surface area contributed by atoms with E-state index in [2.05, 4.69) is 15.6 Å². The van der Waals surface area contributed by atoms with Gasteiger partial charge in [-0.1, -0.05) is 11.6 Å². The highest BCUT2D eigenvalue weighted by molar-refractivity contribution is 7.11. The third-order valence-corrected chi connectivity index (χ3v) is 5.54. The quantitative estimate of drug-likeness (QED) is 0.758. The van der Waals surface area contributed by atoms with Crippen LogP contribution in [-0.4, -0.2) is 30.0 Å². The third-order valence-electron chi connectivity index (χ3n) is 3.97. The van der Waals surface area contributed by atoms with Gasteiger partial charge in [-0.05, 0) is 20.8 Å². The van der Waals surface area contributed by atoms with Gasteiger partial charge in [0.05, 0.1) is 40.7 Å². The Balaban J connectivity index is 1.68. The second-order valence-electron chi connectivity index (χ2n) is 6.16. The normalized spacial score (nSPS) is 14.2. The summed E-state index contributed by atoms with van der Waals surface area (Å²) >= 11 is 7.69. The van der Waals surface area contributed by atoms with Crippen LogP contribution in [0.5, 0.6) is 11.5 Å². The van der Waals surface area contributed by atoms with Crippen molar-refractivity contribution in [2.45, 2.75) is 33.2 Å². The Kier molecular flexibility index (Phi) is 5.86. The molecule has 1 atom stereocenters. The minimum atomic E-state index is -0.808. The summed E-state index contributed by atoms with van der Waals surface area (Å²) in [5.41, 5.74) is 1.13. The summed E-state index contributed by atoms with van der Waals surface area (Å²) in [5.74, 6) is -0.561. The highest BCUT2D eigenvalue weighted by Crippen LogP contribution is 2.37. The van der Waals surface area contributed by atoms with Gasteiger partial charge in [-0.15, -0.1) is 11.3 Å². The van der Waals surface area contributed by atoms with E-state index in [-0.39, 0.29) is 11.1 Å². The SMILES string of the molecule is Cc1nc(C)c([C@H](C)NC(=O)C(=O)Nc2cc3c(cc2Cl)OCCCO3)s1. The predicted octanol–water partition coefficient (Wildman–Crippen LogP) is 3.39. The van der Waals surface area contributed by atoms with E-state index < -0.39 is 11.8 Å². The fourth-order valence-corrected chi connectivity index (χ4v) is 3.87. The molecular weight excluding hydrogens is 390 g/mol. The average molecular weight is 410 g/mol. The zero-order valence-electron chi connectivity index (χ0n) is 15.2. The molecule has 1 aliphatic heterocycles. The van der Waals surface area contributed by atoms with Crippen molar-refractivity contribution < 1.29 is 19.1 Å². The summed E-state index contributed by atoms with van der Waals surface area (Å²) in [4.78, 5) is 29.8. The number of nitrogens with one attached hydrogen (secondary N) is 2. The molecule has 1 aromatic carbocycles. The Morgan fingerprint density at radius 3 is 2.48 bits per heavy atom. The molecule has 2 N–H and O–H groups in total. The Hall–Kier alpha value is -2.32. The van der Waals surface area contributed by atoms with Crippen molar-refractivity contribution in [2.24, 2.45) is 0 Å². The first kappa shape index (κ1) is 19.4. The molecule has 27 heavy (non-hydrogen) atoms. The fourth-order valence-electron chi connectivity index (χ4n) is 2.74. The summed E-state index contributed by atoms with van der Waals surface area (Å²) < 4.78 is 11.1. The van der Waals surface area contributed by atoms with Crippen LogP contribution in [0.15, 0.2) is 12.1 Å². The largest absolute Gasteiger partial charge is 0.490 e. The van der Waals surface area contributed by atoms with E-state index in [0.717, 1.165) is 22.0 Å². The van der Waals surface area contributed by atoms with Crippen molar-refractivity contribution in [1.29, 1.82) is 0 Å². The number of ether oxygens (including phenoxy) is 2. The molecule has 0 saturated carbocycles. The molecule has 0 radical (unpaired) electrons. The maximum atomic E-state index is 12.3. The first-order valence-corrected chi connectivity index (χ1v) is 9.69. The number of fused-ring (bicyclic) bond motifs is 1. The molecule has 1 aliphatic rings. The number of aryl methyl sites for hydroxylation is 2. The number of thiazole rings is 1. The van der Waals surface area contributed by atoms with Crippen LogP contribution in [0.2, 0.25) is 5.02 Å². The molecular formula is C18H20ClN3O4S. The van der Waals surface area contributed by atoms with Crippen LogP contribution in [0.3, 0.4) is 0 Å². The molecule has 0 unspecified atom stereocenters. The lowest BCUT2D eigenvalue weighted by Gasteiger charge is -2.14. The number of carbonyl (C=O) groups is 2. The number of amides is 2. The van der Waals surface area contributed by atoms with E-state index in [1.807, 2.05) is 20.8 Å². The van der Waals surface area contributed by atoms with E-state index in [4.69, 9.17) is 21.1 Å². The molecule has 0 bridgehead atoms. The van der Waals surface area contributed by atoms with E-state index in [1.165, 1.54) is 11.3 Å². The van der Waals surface area contributed by atoms with Gasteiger partial charge in [-0.25, -0.2) is 4.98 Å². The smallest absolute Gasteiger partial charge is 0.313 e. The maximum Gasteiger partial charge on any atom is 0.313 e. The monoisotopic (exact) mass is 409 g/mol. The topological polar surface area (TPSA) is 89.6 Å². The van der Waals surface area contributed by atoms with Crippen molar-refractivity contribution in [1.82, 2.24) is 10.3 Å². The summed E-state index contributed by atoms with van der Waals surface area (Å²) in [7, 11) is 0. The zero-order chi connectivity index (χ0) is 19.6. The number of hydrogen-bond acceptors (Lipinski definition) is 6. The summed E-state index contributed by atoms with van der Waals surface area (Å²) in [6.07, 6.45) is 0.755. The zero-order valence-corrected chi connectivity index (χ0v) is 16.8. The van der Waals surface area contributed by atoms with Crippen LogP contribution in [-0.2, 0) is 9.59 Å². The molecule has 1 aromatic heterocycles. The Morgan fingerprint density at radius 2 is 1.85 bits per heavy atom. The first-order chi connectivity index (χ1) is 12.8. The number of aromatic nitrogens is 1. The molecule has 0 fully saturated rings. The van der Waals surface area contributed by atoms with Gasteiger partial charge in [0.15, 0.2) is 11.5 Å². The Labute approximate surface area is 166 Å². The summed E-state index contributed by atoms with van der Waals surface area (Å²) in [6, 6.07) is 2.81. The molecule has 144 valence electrons. The van der Waals surface area contributed by atoms with Crippen molar-refractivity contribution in [3.63, 3.8) is 0 Å². The van der Waals surface area contributed by atoms with Gasteiger partial charge < -0.3 is 20.1 Å². The number of benzene rings is 1. The molecule has 0 spiro atoms. The van der Waals surface area contributed by atoms with Crippen LogP contribution in [0, 0.1) is 13.8 Å². The molecule has 2 aromatic rings. The first-order valence-electron chi connectivity index (χ1n) is 8.50. The molecule has 9 heteroatoms. The lowest BCUT2D eigenvalue weighted by Crippen LogP contribution is -2.36. The van der Waals surface area contributed by atoms with Gasteiger partial charge in [-0.2, -0.15) is 0 Å². The molecule has 2 heterocycles. The van der Waals surface area contributed by atoms with Crippen molar-refractivity contribution in [2.75, 3.05) is 18.5 Å². The van der Waals surface area contributed by atoms with Gasteiger partial charge in [0, 0.05) is 23.4 Å². The minimum absolute atomic E-state index is 0.266.